The van der Waals surface area contributed by atoms with Crippen LogP contribution in [0.5, 0.6) is 5.75 Å². The number of nitrogens with zero attached hydrogens (tertiary/aromatic N) is 1. The summed E-state index contributed by atoms with van der Waals surface area (Å²) in [5, 5.41) is 0. The summed E-state index contributed by atoms with van der Waals surface area (Å²) >= 11 is 0. The van der Waals surface area contributed by atoms with Gasteiger partial charge in [0.15, 0.2) is 0 Å². The number of hydrogen-bond donors (Lipinski definition) is 0. The van der Waals surface area contributed by atoms with Gasteiger partial charge in [0, 0.05) is 13.1 Å². The average molecular weight is 303 g/mol. The average Bonchev–Trinajstić information content (AvgIpc) is 2.42. The minimum atomic E-state index is -0.174. The van der Waals surface area contributed by atoms with E-state index in [0.717, 1.165) is 30.8 Å². The molecule has 0 radical (unpaired) electrons. The number of benzene rings is 1. The third-order valence-electron chi connectivity index (χ3n) is 4.83. The van der Waals surface area contributed by atoms with Crippen molar-refractivity contribution < 1.29 is 14.3 Å². The van der Waals surface area contributed by atoms with E-state index in [1.807, 2.05) is 32.0 Å². The Labute approximate surface area is 132 Å². The van der Waals surface area contributed by atoms with Crippen LogP contribution in [0.1, 0.15) is 30.4 Å². The zero-order valence-corrected chi connectivity index (χ0v) is 13.5. The van der Waals surface area contributed by atoms with Crippen molar-refractivity contribution in [2.24, 2.45) is 5.92 Å². The molecule has 1 aromatic carbocycles. The first-order chi connectivity index (χ1) is 10.6. The van der Waals surface area contributed by atoms with Gasteiger partial charge in [-0.05, 0) is 43.7 Å². The fraction of sp³-hybridized carbons (Fsp3) is 0.611. The lowest BCUT2D eigenvalue weighted by Crippen LogP contribution is -2.49. The summed E-state index contributed by atoms with van der Waals surface area (Å²) < 4.78 is 11.4. The van der Waals surface area contributed by atoms with Crippen molar-refractivity contribution in [1.29, 1.82) is 0 Å². The maximum Gasteiger partial charge on any atom is 0.325 e. The zero-order valence-electron chi connectivity index (χ0n) is 13.5. The quantitative estimate of drug-likeness (QED) is 0.633. The third-order valence-corrected chi connectivity index (χ3v) is 4.83. The lowest BCUT2D eigenvalue weighted by atomic mass is 9.80. The molecule has 1 saturated carbocycles. The normalized spacial score (nSPS) is 23.1. The monoisotopic (exact) mass is 303 g/mol. The number of ether oxygens (including phenoxy) is 2. The molecule has 0 amide bonds. The van der Waals surface area contributed by atoms with E-state index in [1.54, 1.807) is 0 Å². The maximum absolute atomic E-state index is 12.2. The van der Waals surface area contributed by atoms with Crippen LogP contribution in [-0.4, -0.2) is 43.2 Å². The lowest BCUT2D eigenvalue weighted by Gasteiger charge is -2.40. The number of esters is 1. The van der Waals surface area contributed by atoms with Gasteiger partial charge in [0.1, 0.15) is 5.75 Å². The second kappa shape index (κ2) is 6.80. The fourth-order valence-corrected chi connectivity index (χ4v) is 3.26. The van der Waals surface area contributed by atoms with E-state index in [1.165, 1.54) is 19.3 Å². The van der Waals surface area contributed by atoms with Crippen LogP contribution in [0.4, 0.5) is 0 Å². The Morgan fingerprint density at radius 2 is 2.05 bits per heavy atom. The molecule has 0 aromatic heterocycles. The van der Waals surface area contributed by atoms with Crippen LogP contribution >= 0.6 is 0 Å². The molecule has 4 nitrogen and oxygen atoms in total. The van der Waals surface area contributed by atoms with Crippen LogP contribution in [0.15, 0.2) is 18.2 Å². The van der Waals surface area contributed by atoms with Crippen LogP contribution in [-0.2, 0) is 9.53 Å². The fourth-order valence-electron chi connectivity index (χ4n) is 3.26. The molecular formula is C18H25NO3. The number of para-hydroxylation sites is 1. The molecule has 1 saturated heterocycles. The molecule has 2 fully saturated rings. The minimum Gasteiger partial charge on any atom is -0.425 e. The Morgan fingerprint density at radius 1 is 1.32 bits per heavy atom. The van der Waals surface area contributed by atoms with Crippen molar-refractivity contribution in [1.82, 2.24) is 4.90 Å². The number of aryl methyl sites for hydroxylation is 2. The Morgan fingerprint density at radius 3 is 2.68 bits per heavy atom. The summed E-state index contributed by atoms with van der Waals surface area (Å²) in [5.41, 5.74) is 2.00. The summed E-state index contributed by atoms with van der Waals surface area (Å²) in [4.78, 5) is 14.4. The van der Waals surface area contributed by atoms with E-state index < -0.39 is 0 Å². The van der Waals surface area contributed by atoms with Gasteiger partial charge in [-0.3, -0.25) is 9.69 Å². The summed E-state index contributed by atoms with van der Waals surface area (Å²) in [6.45, 7) is 6.67. The highest BCUT2D eigenvalue weighted by atomic mass is 16.5. The summed E-state index contributed by atoms with van der Waals surface area (Å²) in [6.07, 6.45) is 4.16. The number of carbonyl (C=O) groups is 1. The summed E-state index contributed by atoms with van der Waals surface area (Å²) in [7, 11) is 0. The largest absolute Gasteiger partial charge is 0.425 e. The smallest absolute Gasteiger partial charge is 0.325 e. The van der Waals surface area contributed by atoms with Crippen molar-refractivity contribution >= 4 is 5.97 Å². The van der Waals surface area contributed by atoms with Crippen molar-refractivity contribution in [3.05, 3.63) is 29.3 Å². The van der Waals surface area contributed by atoms with E-state index in [-0.39, 0.29) is 5.97 Å². The molecule has 120 valence electrons. The molecule has 2 aliphatic rings. The van der Waals surface area contributed by atoms with Crippen LogP contribution in [0, 0.1) is 19.8 Å². The lowest BCUT2D eigenvalue weighted by molar-refractivity contribution is -0.139. The molecule has 1 aliphatic heterocycles. The van der Waals surface area contributed by atoms with Gasteiger partial charge in [-0.1, -0.05) is 24.6 Å². The molecule has 0 N–H and O–H groups in total. The highest BCUT2D eigenvalue weighted by Gasteiger charge is 2.32. The van der Waals surface area contributed by atoms with Gasteiger partial charge in [-0.25, -0.2) is 0 Å². The second-order valence-corrected chi connectivity index (χ2v) is 6.53. The SMILES string of the molecule is Cc1cccc(C)c1OC(=O)CN1CCOC(C2CCC2)C1. The van der Waals surface area contributed by atoms with E-state index in [2.05, 4.69) is 4.90 Å². The van der Waals surface area contributed by atoms with E-state index in [0.29, 0.717) is 24.3 Å². The van der Waals surface area contributed by atoms with Gasteiger partial charge in [-0.2, -0.15) is 0 Å². The molecule has 3 rings (SSSR count). The molecule has 1 aliphatic carbocycles. The highest BCUT2D eigenvalue weighted by molar-refractivity contribution is 5.75. The number of carbonyl (C=O) groups excluding carboxylic acids is 1. The molecule has 1 unspecified atom stereocenters. The van der Waals surface area contributed by atoms with E-state index >= 15 is 0 Å². The molecular weight excluding hydrogens is 278 g/mol. The van der Waals surface area contributed by atoms with Crippen molar-refractivity contribution in [3.63, 3.8) is 0 Å². The van der Waals surface area contributed by atoms with Gasteiger partial charge in [0.2, 0.25) is 0 Å². The predicted molar refractivity (Wildman–Crippen MR) is 85.1 cm³/mol. The maximum atomic E-state index is 12.2. The van der Waals surface area contributed by atoms with Crippen molar-refractivity contribution in [2.75, 3.05) is 26.2 Å². The van der Waals surface area contributed by atoms with Crippen LogP contribution in [0.25, 0.3) is 0 Å². The van der Waals surface area contributed by atoms with Gasteiger partial charge in [0.25, 0.3) is 0 Å². The Balaban J connectivity index is 1.55. The van der Waals surface area contributed by atoms with Gasteiger partial charge in [0.05, 0.1) is 19.3 Å². The Hall–Kier alpha value is -1.39. The zero-order chi connectivity index (χ0) is 15.5. The minimum absolute atomic E-state index is 0.174. The summed E-state index contributed by atoms with van der Waals surface area (Å²) in [6, 6.07) is 5.92. The van der Waals surface area contributed by atoms with Crippen molar-refractivity contribution in [3.8, 4) is 5.75 Å². The van der Waals surface area contributed by atoms with E-state index in [4.69, 9.17) is 9.47 Å². The van der Waals surface area contributed by atoms with Crippen LogP contribution in [0.3, 0.4) is 0 Å². The van der Waals surface area contributed by atoms with E-state index in [9.17, 15) is 4.79 Å². The standard InChI is InChI=1S/C18H25NO3/c1-13-5-3-6-14(2)18(13)22-17(20)12-19-9-10-21-16(11-19)15-7-4-8-15/h3,5-6,15-16H,4,7-12H2,1-2H3. The van der Waals surface area contributed by atoms with Crippen LogP contribution < -0.4 is 4.74 Å². The first-order valence-corrected chi connectivity index (χ1v) is 8.24. The molecule has 0 spiro atoms. The third kappa shape index (κ3) is 3.50. The van der Waals surface area contributed by atoms with Gasteiger partial charge < -0.3 is 9.47 Å². The predicted octanol–water partition coefficient (Wildman–Crippen LogP) is 2.71. The molecule has 1 aromatic rings. The van der Waals surface area contributed by atoms with Gasteiger partial charge >= 0.3 is 5.97 Å². The molecule has 1 atom stereocenters. The Kier molecular flexibility index (Phi) is 4.79. The molecule has 4 heteroatoms. The van der Waals surface area contributed by atoms with Crippen molar-refractivity contribution in [2.45, 2.75) is 39.2 Å². The highest BCUT2D eigenvalue weighted by Crippen LogP contribution is 2.32. The molecule has 1 heterocycles. The summed E-state index contributed by atoms with van der Waals surface area (Å²) in [5.74, 6) is 1.22. The second-order valence-electron chi connectivity index (χ2n) is 6.53. The topological polar surface area (TPSA) is 38.8 Å². The van der Waals surface area contributed by atoms with Gasteiger partial charge in [-0.15, -0.1) is 0 Å². The number of hydrogen-bond acceptors (Lipinski definition) is 4. The first kappa shape index (κ1) is 15.5. The first-order valence-electron chi connectivity index (χ1n) is 8.24. The molecule has 22 heavy (non-hydrogen) atoms. The number of rotatable bonds is 4. The van der Waals surface area contributed by atoms with Crippen LogP contribution in [0.2, 0.25) is 0 Å². The Bertz CT molecular complexity index is 519. The molecule has 0 bridgehead atoms. The number of morpholine rings is 1.